The van der Waals surface area contributed by atoms with Crippen molar-refractivity contribution >= 4 is 11.8 Å². The first kappa shape index (κ1) is 14.0. The first-order valence-electron chi connectivity index (χ1n) is 5.84. The van der Waals surface area contributed by atoms with Crippen LogP contribution in [0.15, 0.2) is 6.07 Å². The largest absolute Gasteiger partial charge is 0.481 e. The number of rotatable bonds is 5. The number of carbonyl (C=O) groups is 1. The molecule has 1 aromatic rings. The number of aromatic nitrogens is 1. The molecule has 1 aromatic heterocycles. The van der Waals surface area contributed by atoms with Crippen molar-refractivity contribution < 1.29 is 9.90 Å². The molecule has 1 N–H and O–H groups in total. The molecule has 0 amide bonds. The molecule has 5 heteroatoms. The Labute approximate surface area is 107 Å². The zero-order chi connectivity index (χ0) is 13.7. The summed E-state index contributed by atoms with van der Waals surface area (Å²) in [6.07, 6.45) is 0.0351. The molecule has 0 atom stereocenters. The van der Waals surface area contributed by atoms with Crippen LogP contribution in [-0.4, -0.2) is 29.1 Å². The van der Waals surface area contributed by atoms with E-state index in [1.165, 1.54) is 0 Å². The van der Waals surface area contributed by atoms with Gasteiger partial charge in [0.05, 0.1) is 12.0 Å². The van der Waals surface area contributed by atoms with Gasteiger partial charge < -0.3 is 10.0 Å². The Kier molecular flexibility index (Phi) is 4.67. The number of nitrogens with zero attached hydrogens (tertiary/aromatic N) is 3. The van der Waals surface area contributed by atoms with E-state index in [1.807, 2.05) is 31.7 Å². The highest BCUT2D eigenvalue weighted by molar-refractivity contribution is 5.68. The number of nitriles is 1. The zero-order valence-corrected chi connectivity index (χ0v) is 10.9. The molecule has 0 saturated carbocycles. The lowest BCUT2D eigenvalue weighted by Crippen LogP contribution is -2.28. The highest BCUT2D eigenvalue weighted by Gasteiger charge is 2.15. The lowest BCUT2D eigenvalue weighted by molar-refractivity contribution is -0.136. The number of aryl methyl sites for hydroxylation is 2. The minimum absolute atomic E-state index is 0.0351. The fourth-order valence-electron chi connectivity index (χ4n) is 1.83. The number of carboxylic acid groups (broad SMARTS) is 1. The predicted octanol–water partition coefficient (Wildman–Crippen LogP) is 1.87. The van der Waals surface area contributed by atoms with Crippen molar-refractivity contribution in [2.24, 2.45) is 0 Å². The van der Waals surface area contributed by atoms with Crippen LogP contribution in [0.4, 0.5) is 5.82 Å². The molecule has 0 unspecified atom stereocenters. The minimum atomic E-state index is -0.851. The molecular formula is C13H17N3O2. The van der Waals surface area contributed by atoms with E-state index in [9.17, 15) is 10.1 Å². The molecule has 0 radical (unpaired) electrons. The van der Waals surface area contributed by atoms with Crippen molar-refractivity contribution in [3.8, 4) is 6.07 Å². The van der Waals surface area contributed by atoms with Crippen LogP contribution in [0.5, 0.6) is 0 Å². The highest BCUT2D eigenvalue weighted by atomic mass is 16.4. The molecule has 0 aliphatic heterocycles. The van der Waals surface area contributed by atoms with Gasteiger partial charge in [0.25, 0.3) is 0 Å². The minimum Gasteiger partial charge on any atom is -0.481 e. The number of hydrogen-bond acceptors (Lipinski definition) is 4. The third-order valence-corrected chi connectivity index (χ3v) is 2.71. The normalized spacial score (nSPS) is 9.89. The summed E-state index contributed by atoms with van der Waals surface area (Å²) >= 11 is 0. The summed E-state index contributed by atoms with van der Waals surface area (Å²) in [5.74, 6) is -0.268. The Morgan fingerprint density at radius 3 is 2.72 bits per heavy atom. The van der Waals surface area contributed by atoms with Crippen LogP contribution in [0.1, 0.15) is 30.2 Å². The molecule has 0 aliphatic carbocycles. The fraction of sp³-hybridized carbons (Fsp3) is 0.462. The second-order valence-electron chi connectivity index (χ2n) is 4.11. The molecule has 96 valence electrons. The lowest BCUT2D eigenvalue weighted by atomic mass is 10.1. The van der Waals surface area contributed by atoms with E-state index in [1.54, 1.807) is 0 Å². The third kappa shape index (κ3) is 3.20. The van der Waals surface area contributed by atoms with E-state index >= 15 is 0 Å². The molecule has 0 aliphatic rings. The van der Waals surface area contributed by atoms with Crippen LogP contribution in [-0.2, 0) is 4.79 Å². The van der Waals surface area contributed by atoms with Gasteiger partial charge in [-0.05, 0) is 32.4 Å². The second kappa shape index (κ2) is 6.01. The van der Waals surface area contributed by atoms with E-state index in [-0.39, 0.29) is 6.42 Å². The second-order valence-corrected chi connectivity index (χ2v) is 4.11. The van der Waals surface area contributed by atoms with Gasteiger partial charge in [-0.3, -0.25) is 4.79 Å². The van der Waals surface area contributed by atoms with Crippen LogP contribution in [0.25, 0.3) is 0 Å². The Hall–Kier alpha value is -2.09. The highest BCUT2D eigenvalue weighted by Crippen LogP contribution is 2.21. The van der Waals surface area contributed by atoms with Gasteiger partial charge >= 0.3 is 5.97 Å². The van der Waals surface area contributed by atoms with Gasteiger partial charge in [0.1, 0.15) is 11.9 Å². The van der Waals surface area contributed by atoms with E-state index in [4.69, 9.17) is 5.11 Å². The summed E-state index contributed by atoms with van der Waals surface area (Å²) in [5, 5.41) is 17.9. The van der Waals surface area contributed by atoms with E-state index < -0.39 is 5.97 Å². The molecule has 5 nitrogen and oxygen atoms in total. The molecule has 18 heavy (non-hydrogen) atoms. The molecule has 0 bridgehead atoms. The van der Waals surface area contributed by atoms with Crippen LogP contribution < -0.4 is 4.90 Å². The molecule has 0 fully saturated rings. The van der Waals surface area contributed by atoms with Crippen LogP contribution in [0.2, 0.25) is 0 Å². The van der Waals surface area contributed by atoms with Crippen molar-refractivity contribution in [3.05, 3.63) is 22.9 Å². The Morgan fingerprint density at radius 1 is 1.56 bits per heavy atom. The van der Waals surface area contributed by atoms with Gasteiger partial charge in [-0.25, -0.2) is 4.98 Å². The number of hydrogen-bond donors (Lipinski definition) is 1. The van der Waals surface area contributed by atoms with Crippen molar-refractivity contribution in [1.82, 2.24) is 4.98 Å². The van der Waals surface area contributed by atoms with Gasteiger partial charge in [-0.1, -0.05) is 0 Å². The maximum atomic E-state index is 10.6. The van der Waals surface area contributed by atoms with Crippen molar-refractivity contribution in [2.45, 2.75) is 27.2 Å². The monoisotopic (exact) mass is 247 g/mol. The molecule has 0 saturated heterocycles. The zero-order valence-electron chi connectivity index (χ0n) is 10.9. The summed E-state index contributed by atoms with van der Waals surface area (Å²) in [7, 11) is 0. The van der Waals surface area contributed by atoms with Gasteiger partial charge in [-0.2, -0.15) is 5.26 Å². The van der Waals surface area contributed by atoms with Crippen LogP contribution in [0, 0.1) is 25.2 Å². The molecule has 0 spiro atoms. The maximum absolute atomic E-state index is 10.6. The van der Waals surface area contributed by atoms with Crippen molar-refractivity contribution in [1.29, 1.82) is 5.26 Å². The number of anilines is 1. The Bertz CT molecular complexity index is 492. The molecule has 1 heterocycles. The summed E-state index contributed by atoms with van der Waals surface area (Å²) in [6, 6.07) is 4.00. The summed E-state index contributed by atoms with van der Waals surface area (Å²) in [5.41, 5.74) is 2.22. The van der Waals surface area contributed by atoms with Crippen molar-refractivity contribution in [3.63, 3.8) is 0 Å². The summed E-state index contributed by atoms with van der Waals surface area (Å²) < 4.78 is 0. The molecular weight excluding hydrogens is 230 g/mol. The standard InChI is InChI=1S/C13H17N3O2/c1-4-16(6-5-12(17)18)13-11(8-14)9(2)7-10(3)15-13/h7H,4-6H2,1-3H3,(H,17,18). The lowest BCUT2D eigenvalue weighted by Gasteiger charge is -2.23. The average Bonchev–Trinajstić information content (AvgIpc) is 2.29. The van der Waals surface area contributed by atoms with E-state index in [0.717, 1.165) is 11.3 Å². The average molecular weight is 247 g/mol. The quantitative estimate of drug-likeness (QED) is 0.859. The Morgan fingerprint density at radius 2 is 2.22 bits per heavy atom. The van der Waals surface area contributed by atoms with Gasteiger partial charge in [0.2, 0.25) is 0 Å². The van der Waals surface area contributed by atoms with Gasteiger partial charge in [0, 0.05) is 18.8 Å². The van der Waals surface area contributed by atoms with Crippen molar-refractivity contribution in [2.75, 3.05) is 18.0 Å². The number of carboxylic acids is 1. The first-order chi connectivity index (χ1) is 8.49. The molecule has 1 rings (SSSR count). The van der Waals surface area contributed by atoms with Gasteiger partial charge in [-0.15, -0.1) is 0 Å². The third-order valence-electron chi connectivity index (χ3n) is 2.71. The SMILES string of the molecule is CCN(CCC(=O)O)c1nc(C)cc(C)c1C#N. The van der Waals surface area contributed by atoms with Crippen LogP contribution >= 0.6 is 0 Å². The summed E-state index contributed by atoms with van der Waals surface area (Å²) in [6.45, 7) is 6.63. The molecule has 0 aromatic carbocycles. The van der Waals surface area contributed by atoms with Gasteiger partial charge in [0.15, 0.2) is 0 Å². The predicted molar refractivity (Wildman–Crippen MR) is 68.6 cm³/mol. The topological polar surface area (TPSA) is 77.2 Å². The van der Waals surface area contributed by atoms with E-state index in [0.29, 0.717) is 24.5 Å². The Balaban J connectivity index is 3.12. The number of pyridine rings is 1. The maximum Gasteiger partial charge on any atom is 0.305 e. The summed E-state index contributed by atoms with van der Waals surface area (Å²) in [4.78, 5) is 16.8. The van der Waals surface area contributed by atoms with Crippen LogP contribution in [0.3, 0.4) is 0 Å². The first-order valence-corrected chi connectivity index (χ1v) is 5.84. The van der Waals surface area contributed by atoms with E-state index in [2.05, 4.69) is 11.1 Å². The smallest absolute Gasteiger partial charge is 0.305 e. The number of aliphatic carboxylic acids is 1. The fourth-order valence-corrected chi connectivity index (χ4v) is 1.83.